The molecule has 8 heteroatoms. The van der Waals surface area contributed by atoms with Crippen molar-refractivity contribution in [1.29, 1.82) is 0 Å². The van der Waals surface area contributed by atoms with E-state index in [0.717, 1.165) is 6.92 Å². The topological polar surface area (TPSA) is 105 Å². The number of fused-ring (bicyclic) bond motifs is 3. The van der Waals surface area contributed by atoms with Gasteiger partial charge in [-0.25, -0.2) is 4.79 Å². The predicted octanol–water partition coefficient (Wildman–Crippen LogP) is 2.51. The molecule has 1 aliphatic carbocycles. The van der Waals surface area contributed by atoms with Crippen molar-refractivity contribution in [3.05, 3.63) is 51.6 Å². The monoisotopic (exact) mass is 410 g/mol. The minimum absolute atomic E-state index is 0.0147. The first-order valence-electron chi connectivity index (χ1n) is 9.21. The zero-order valence-electron chi connectivity index (χ0n) is 16.8. The summed E-state index contributed by atoms with van der Waals surface area (Å²) in [6, 6.07) is 4.45. The van der Waals surface area contributed by atoms with E-state index in [-0.39, 0.29) is 39.3 Å². The largest absolute Gasteiger partial charge is 0.497 e. The second-order valence-electron chi connectivity index (χ2n) is 7.09. The van der Waals surface area contributed by atoms with Gasteiger partial charge in [0, 0.05) is 30.5 Å². The Balaban J connectivity index is 2.06. The highest BCUT2D eigenvalue weighted by atomic mass is 16.6. The van der Waals surface area contributed by atoms with Crippen LogP contribution in [0.5, 0.6) is 17.2 Å². The molecule has 4 rings (SSSR count). The molecule has 1 unspecified atom stereocenters. The molecule has 1 aliphatic heterocycles. The summed E-state index contributed by atoms with van der Waals surface area (Å²) in [6.07, 6.45) is -0.103. The smallest absolute Gasteiger partial charge is 0.342 e. The van der Waals surface area contributed by atoms with Gasteiger partial charge in [0.25, 0.3) is 0 Å². The van der Waals surface area contributed by atoms with Crippen LogP contribution in [0.3, 0.4) is 0 Å². The van der Waals surface area contributed by atoms with E-state index in [0.29, 0.717) is 17.7 Å². The number of rotatable bonds is 3. The van der Waals surface area contributed by atoms with Crippen molar-refractivity contribution < 1.29 is 38.1 Å². The molecular formula is C22H18O8. The van der Waals surface area contributed by atoms with E-state index in [9.17, 15) is 19.2 Å². The van der Waals surface area contributed by atoms with Gasteiger partial charge in [0.1, 0.15) is 23.2 Å². The van der Waals surface area contributed by atoms with Gasteiger partial charge in [-0.15, -0.1) is 0 Å². The molecule has 1 atom stereocenters. The third-order valence-electron chi connectivity index (χ3n) is 5.10. The van der Waals surface area contributed by atoms with Crippen molar-refractivity contribution in [2.75, 3.05) is 14.2 Å². The van der Waals surface area contributed by atoms with Crippen LogP contribution in [-0.4, -0.2) is 43.8 Å². The fourth-order valence-electron chi connectivity index (χ4n) is 3.89. The van der Waals surface area contributed by atoms with Gasteiger partial charge in [0.05, 0.1) is 25.3 Å². The molecule has 30 heavy (non-hydrogen) atoms. The van der Waals surface area contributed by atoms with Crippen molar-refractivity contribution in [2.45, 2.75) is 26.4 Å². The molecule has 0 radical (unpaired) electrons. The number of ketones is 2. The van der Waals surface area contributed by atoms with Crippen LogP contribution in [0.1, 0.15) is 61.6 Å². The first kappa shape index (κ1) is 19.6. The van der Waals surface area contributed by atoms with E-state index in [1.54, 1.807) is 6.92 Å². The second kappa shape index (κ2) is 6.98. The number of carbonyl (C=O) groups excluding carboxylic acids is 4. The lowest BCUT2D eigenvalue weighted by Gasteiger charge is -2.28. The molecule has 0 fully saturated rings. The van der Waals surface area contributed by atoms with E-state index in [1.165, 1.54) is 32.4 Å². The molecule has 2 aromatic carbocycles. The van der Waals surface area contributed by atoms with Crippen molar-refractivity contribution in [3.63, 3.8) is 0 Å². The van der Waals surface area contributed by atoms with E-state index < -0.39 is 29.6 Å². The van der Waals surface area contributed by atoms with Crippen LogP contribution < -0.4 is 14.2 Å². The van der Waals surface area contributed by atoms with Gasteiger partial charge in [0.2, 0.25) is 5.78 Å². The van der Waals surface area contributed by atoms with Gasteiger partial charge < -0.3 is 18.9 Å². The molecule has 154 valence electrons. The lowest BCUT2D eigenvalue weighted by Crippen LogP contribution is -2.30. The van der Waals surface area contributed by atoms with Crippen LogP contribution in [-0.2, 0) is 16.0 Å². The Kier molecular flexibility index (Phi) is 4.57. The zero-order chi connectivity index (χ0) is 21.7. The average molecular weight is 410 g/mol. The molecule has 2 aromatic rings. The van der Waals surface area contributed by atoms with Crippen LogP contribution in [0.2, 0.25) is 0 Å². The SMILES string of the molecule is COc1cc(OC)c2c(c1)C(=O)c1cc3c(c(OC(C)=O)c1C2=O)C(=O)OC(C)C3. The highest BCUT2D eigenvalue weighted by Crippen LogP contribution is 2.43. The fourth-order valence-corrected chi connectivity index (χ4v) is 3.89. The highest BCUT2D eigenvalue weighted by molar-refractivity contribution is 6.31. The van der Waals surface area contributed by atoms with E-state index in [2.05, 4.69) is 0 Å². The van der Waals surface area contributed by atoms with Gasteiger partial charge in [-0.1, -0.05) is 0 Å². The van der Waals surface area contributed by atoms with Crippen LogP contribution in [0, 0.1) is 0 Å². The number of cyclic esters (lactones) is 1. The summed E-state index contributed by atoms with van der Waals surface area (Å²) in [5.74, 6) is -2.26. The first-order chi connectivity index (χ1) is 14.3. The van der Waals surface area contributed by atoms with Crippen molar-refractivity contribution in [1.82, 2.24) is 0 Å². The van der Waals surface area contributed by atoms with Gasteiger partial charge in [0.15, 0.2) is 11.5 Å². The molecular weight excluding hydrogens is 392 g/mol. The summed E-state index contributed by atoms with van der Waals surface area (Å²) < 4.78 is 21.1. The van der Waals surface area contributed by atoms with Crippen LogP contribution in [0.15, 0.2) is 18.2 Å². The second-order valence-corrected chi connectivity index (χ2v) is 7.09. The lowest BCUT2D eigenvalue weighted by molar-refractivity contribution is -0.131. The van der Waals surface area contributed by atoms with Gasteiger partial charge in [-0.2, -0.15) is 0 Å². The molecule has 2 aliphatic rings. The zero-order valence-corrected chi connectivity index (χ0v) is 16.8. The summed E-state index contributed by atoms with van der Waals surface area (Å²) >= 11 is 0. The number of ether oxygens (including phenoxy) is 4. The lowest BCUT2D eigenvalue weighted by atomic mass is 9.79. The summed E-state index contributed by atoms with van der Waals surface area (Å²) in [6.45, 7) is 2.86. The summed E-state index contributed by atoms with van der Waals surface area (Å²) in [5, 5.41) is 0. The molecule has 0 aromatic heterocycles. The van der Waals surface area contributed by atoms with Crippen molar-refractivity contribution in [3.8, 4) is 17.2 Å². The quantitative estimate of drug-likeness (QED) is 0.479. The molecule has 1 heterocycles. The maximum absolute atomic E-state index is 13.5. The Bertz CT molecular complexity index is 1140. The average Bonchev–Trinajstić information content (AvgIpc) is 2.69. The molecule has 0 bridgehead atoms. The number of benzene rings is 2. The van der Waals surface area contributed by atoms with Gasteiger partial charge >= 0.3 is 11.9 Å². The van der Waals surface area contributed by atoms with Crippen LogP contribution >= 0.6 is 0 Å². The maximum Gasteiger partial charge on any atom is 0.342 e. The maximum atomic E-state index is 13.5. The fraction of sp³-hybridized carbons (Fsp3) is 0.273. The molecule has 0 spiro atoms. The predicted molar refractivity (Wildman–Crippen MR) is 103 cm³/mol. The number of hydrogen-bond donors (Lipinski definition) is 0. The Morgan fingerprint density at radius 1 is 0.967 bits per heavy atom. The highest BCUT2D eigenvalue weighted by Gasteiger charge is 2.41. The third kappa shape index (κ3) is 2.83. The van der Waals surface area contributed by atoms with E-state index in [1.807, 2.05) is 0 Å². The van der Waals surface area contributed by atoms with Crippen molar-refractivity contribution >= 4 is 23.5 Å². The first-order valence-corrected chi connectivity index (χ1v) is 9.21. The number of hydrogen-bond acceptors (Lipinski definition) is 8. The summed E-state index contributed by atoms with van der Waals surface area (Å²) in [7, 11) is 2.80. The number of esters is 2. The molecule has 8 nitrogen and oxygen atoms in total. The molecule has 0 saturated heterocycles. The summed E-state index contributed by atoms with van der Waals surface area (Å²) in [4.78, 5) is 51.2. The Morgan fingerprint density at radius 2 is 1.67 bits per heavy atom. The third-order valence-corrected chi connectivity index (χ3v) is 5.10. The Hall–Kier alpha value is -3.68. The number of carbonyl (C=O) groups is 4. The minimum Gasteiger partial charge on any atom is -0.497 e. The standard InChI is InChI=1S/C22H18O8/c1-9-5-11-6-13-18(21(30-10(2)23)16(11)22(26)29-9)20(25)17-14(19(13)24)7-12(27-3)8-15(17)28-4/h6-9H,5H2,1-4H3. The summed E-state index contributed by atoms with van der Waals surface area (Å²) in [5.41, 5.74) is 0.494. The Labute approximate surface area is 171 Å². The van der Waals surface area contributed by atoms with Gasteiger partial charge in [-0.05, 0) is 24.6 Å². The Morgan fingerprint density at radius 3 is 2.30 bits per heavy atom. The number of methoxy groups -OCH3 is 2. The normalized spacial score (nSPS) is 16.8. The molecule has 0 N–H and O–H groups in total. The van der Waals surface area contributed by atoms with Gasteiger partial charge in [-0.3, -0.25) is 14.4 Å². The molecule has 0 amide bonds. The van der Waals surface area contributed by atoms with E-state index >= 15 is 0 Å². The van der Waals surface area contributed by atoms with Crippen LogP contribution in [0.25, 0.3) is 0 Å². The molecule has 0 saturated carbocycles. The minimum atomic E-state index is -0.732. The van der Waals surface area contributed by atoms with Crippen LogP contribution in [0.4, 0.5) is 0 Å². The van der Waals surface area contributed by atoms with E-state index in [4.69, 9.17) is 18.9 Å². The van der Waals surface area contributed by atoms with Crippen molar-refractivity contribution in [2.24, 2.45) is 0 Å².